The number of anilines is 1. The van der Waals surface area contributed by atoms with Gasteiger partial charge in [-0.2, -0.15) is 0 Å². The van der Waals surface area contributed by atoms with E-state index in [0.717, 1.165) is 34.7 Å². The summed E-state index contributed by atoms with van der Waals surface area (Å²) in [6, 6.07) is 13.8. The number of epoxide rings is 1. The molecule has 1 fully saturated rings. The van der Waals surface area contributed by atoms with Crippen LogP contribution in [0.4, 0.5) is 5.69 Å². The molecule has 2 heterocycles. The van der Waals surface area contributed by atoms with Crippen LogP contribution in [0.3, 0.4) is 0 Å². The number of rotatable bonds is 5. The monoisotopic (exact) mass is 310 g/mol. The fourth-order valence-electron chi connectivity index (χ4n) is 2.38. The van der Waals surface area contributed by atoms with E-state index in [1.54, 1.807) is 0 Å². The van der Waals surface area contributed by atoms with E-state index in [-0.39, 0.29) is 6.10 Å². The lowest BCUT2D eigenvalue weighted by atomic mass is 10.2. The Labute approximate surface area is 134 Å². The summed E-state index contributed by atoms with van der Waals surface area (Å²) in [5.41, 5.74) is 3.65. The molecule has 4 rings (SSSR count). The lowest BCUT2D eigenvalue weighted by Crippen LogP contribution is -2.07. The zero-order valence-electron chi connectivity index (χ0n) is 13.2. The minimum atomic E-state index is 0.244. The fourth-order valence-corrected chi connectivity index (χ4v) is 2.38. The zero-order chi connectivity index (χ0) is 15.8. The molecule has 23 heavy (non-hydrogen) atoms. The number of ether oxygens (including phenoxy) is 2. The van der Waals surface area contributed by atoms with E-state index >= 15 is 0 Å². The molecule has 1 saturated heterocycles. The summed E-state index contributed by atoms with van der Waals surface area (Å²) in [5, 5.41) is 0. The first kappa shape index (κ1) is 14.1. The van der Waals surface area contributed by atoms with Gasteiger partial charge in [0.05, 0.1) is 6.61 Å². The molecule has 0 unspecified atom stereocenters. The Hall–Kier alpha value is -2.53. The van der Waals surface area contributed by atoms with E-state index < -0.39 is 0 Å². The van der Waals surface area contributed by atoms with E-state index in [9.17, 15) is 0 Å². The first-order chi connectivity index (χ1) is 11.2. The summed E-state index contributed by atoms with van der Waals surface area (Å²) in [6.07, 6.45) is 0.244. The van der Waals surface area contributed by atoms with Crippen LogP contribution in [0.5, 0.6) is 5.75 Å². The quantitative estimate of drug-likeness (QED) is 0.677. The van der Waals surface area contributed by atoms with Crippen LogP contribution in [0.2, 0.25) is 0 Å². The van der Waals surface area contributed by atoms with E-state index in [0.29, 0.717) is 12.5 Å². The molecular formula is C18H18N2O3. The van der Waals surface area contributed by atoms with Crippen LogP contribution < -0.4 is 9.64 Å². The second kappa shape index (κ2) is 5.59. The van der Waals surface area contributed by atoms with Crippen molar-refractivity contribution >= 4 is 16.8 Å². The van der Waals surface area contributed by atoms with Crippen molar-refractivity contribution in [2.75, 3.05) is 32.2 Å². The van der Waals surface area contributed by atoms with Gasteiger partial charge in [0.1, 0.15) is 24.0 Å². The summed E-state index contributed by atoms with van der Waals surface area (Å²) in [6.45, 7) is 1.38. The molecule has 0 N–H and O–H groups in total. The minimum Gasteiger partial charge on any atom is -0.491 e. The molecule has 0 spiro atoms. The SMILES string of the molecule is CN(C)c1ccc(-c2nc3cc(OC[C@H]4CO4)ccc3o2)cc1. The van der Waals surface area contributed by atoms with Crippen LogP contribution >= 0.6 is 0 Å². The third kappa shape index (κ3) is 3.00. The molecule has 1 aromatic heterocycles. The van der Waals surface area contributed by atoms with Crippen molar-refractivity contribution < 1.29 is 13.9 Å². The highest BCUT2D eigenvalue weighted by molar-refractivity contribution is 5.78. The molecule has 1 aliphatic rings. The van der Waals surface area contributed by atoms with Crippen molar-refractivity contribution in [3.63, 3.8) is 0 Å². The van der Waals surface area contributed by atoms with Gasteiger partial charge in [-0.05, 0) is 36.4 Å². The highest BCUT2D eigenvalue weighted by Crippen LogP contribution is 2.28. The summed E-state index contributed by atoms with van der Waals surface area (Å²) >= 11 is 0. The predicted molar refractivity (Wildman–Crippen MR) is 89.0 cm³/mol. The smallest absolute Gasteiger partial charge is 0.227 e. The average molecular weight is 310 g/mol. The standard InChI is InChI=1S/C18H18N2O3/c1-20(2)13-5-3-12(4-6-13)18-19-16-9-14(7-8-17(16)23-18)21-10-15-11-22-15/h3-9,15H,10-11H2,1-2H3/t15-/m0/s1. The Bertz CT molecular complexity index is 820. The van der Waals surface area contributed by atoms with Gasteiger partial charge in [-0.25, -0.2) is 4.98 Å². The number of oxazole rings is 1. The van der Waals surface area contributed by atoms with Crippen molar-refractivity contribution in [1.82, 2.24) is 4.98 Å². The normalized spacial score (nSPS) is 16.5. The van der Waals surface area contributed by atoms with Crippen LogP contribution in [0.15, 0.2) is 46.9 Å². The lowest BCUT2D eigenvalue weighted by molar-refractivity contribution is 0.263. The molecule has 5 nitrogen and oxygen atoms in total. The number of hydrogen-bond acceptors (Lipinski definition) is 5. The van der Waals surface area contributed by atoms with E-state index in [2.05, 4.69) is 9.88 Å². The van der Waals surface area contributed by atoms with Gasteiger partial charge in [-0.15, -0.1) is 0 Å². The molecule has 1 atom stereocenters. The first-order valence-electron chi connectivity index (χ1n) is 7.62. The third-order valence-corrected chi connectivity index (χ3v) is 3.83. The third-order valence-electron chi connectivity index (χ3n) is 3.83. The number of benzene rings is 2. The van der Waals surface area contributed by atoms with Gasteiger partial charge in [-0.1, -0.05) is 0 Å². The van der Waals surface area contributed by atoms with E-state index in [1.165, 1.54) is 0 Å². The fraction of sp³-hybridized carbons (Fsp3) is 0.278. The maximum absolute atomic E-state index is 5.84. The second-order valence-electron chi connectivity index (χ2n) is 5.86. The van der Waals surface area contributed by atoms with Crippen molar-refractivity contribution in [2.24, 2.45) is 0 Å². The van der Waals surface area contributed by atoms with Crippen LogP contribution in [0, 0.1) is 0 Å². The zero-order valence-corrected chi connectivity index (χ0v) is 13.2. The van der Waals surface area contributed by atoms with Gasteiger partial charge in [0.25, 0.3) is 0 Å². The topological polar surface area (TPSA) is 51.0 Å². The molecule has 3 aromatic rings. The molecule has 0 aliphatic carbocycles. The van der Waals surface area contributed by atoms with Crippen LogP contribution in [-0.4, -0.2) is 38.4 Å². The Balaban J connectivity index is 1.59. The lowest BCUT2D eigenvalue weighted by Gasteiger charge is -2.11. The maximum Gasteiger partial charge on any atom is 0.227 e. The molecule has 0 saturated carbocycles. The number of fused-ring (bicyclic) bond motifs is 1. The predicted octanol–water partition coefficient (Wildman–Crippen LogP) is 3.34. The molecule has 5 heteroatoms. The minimum absolute atomic E-state index is 0.244. The Kier molecular flexibility index (Phi) is 3.42. The van der Waals surface area contributed by atoms with Gasteiger partial charge < -0.3 is 18.8 Å². The number of aromatic nitrogens is 1. The van der Waals surface area contributed by atoms with Crippen molar-refractivity contribution in [2.45, 2.75) is 6.10 Å². The van der Waals surface area contributed by atoms with Gasteiger partial charge in [0.15, 0.2) is 5.58 Å². The van der Waals surface area contributed by atoms with Crippen LogP contribution in [0.25, 0.3) is 22.6 Å². The van der Waals surface area contributed by atoms with Crippen LogP contribution in [-0.2, 0) is 4.74 Å². The van der Waals surface area contributed by atoms with Crippen molar-refractivity contribution in [1.29, 1.82) is 0 Å². The summed E-state index contributed by atoms with van der Waals surface area (Å²) in [5.74, 6) is 1.41. The highest BCUT2D eigenvalue weighted by atomic mass is 16.6. The molecule has 0 bridgehead atoms. The van der Waals surface area contributed by atoms with Crippen molar-refractivity contribution in [3.8, 4) is 17.2 Å². The van der Waals surface area contributed by atoms with Crippen LogP contribution in [0.1, 0.15) is 0 Å². The number of nitrogens with zero attached hydrogens (tertiary/aromatic N) is 2. The maximum atomic E-state index is 5.84. The summed E-state index contributed by atoms with van der Waals surface area (Å²) < 4.78 is 16.7. The molecule has 1 aliphatic heterocycles. The second-order valence-corrected chi connectivity index (χ2v) is 5.86. The Morgan fingerprint density at radius 1 is 1.17 bits per heavy atom. The molecule has 0 radical (unpaired) electrons. The summed E-state index contributed by atoms with van der Waals surface area (Å²) in [7, 11) is 4.03. The van der Waals surface area contributed by atoms with E-state index in [4.69, 9.17) is 13.9 Å². The van der Waals surface area contributed by atoms with Crippen molar-refractivity contribution in [3.05, 3.63) is 42.5 Å². The van der Waals surface area contributed by atoms with Gasteiger partial charge in [0.2, 0.25) is 5.89 Å². The highest BCUT2D eigenvalue weighted by Gasteiger charge is 2.23. The van der Waals surface area contributed by atoms with E-state index in [1.807, 2.05) is 56.6 Å². The first-order valence-corrected chi connectivity index (χ1v) is 7.62. The number of hydrogen-bond donors (Lipinski definition) is 0. The molecule has 2 aromatic carbocycles. The van der Waals surface area contributed by atoms with Gasteiger partial charge >= 0.3 is 0 Å². The summed E-state index contributed by atoms with van der Waals surface area (Å²) in [4.78, 5) is 6.63. The molecule has 0 amide bonds. The van der Waals surface area contributed by atoms with Gasteiger partial charge in [-0.3, -0.25) is 0 Å². The Morgan fingerprint density at radius 3 is 2.65 bits per heavy atom. The molecular weight excluding hydrogens is 292 g/mol. The van der Waals surface area contributed by atoms with Gasteiger partial charge in [0, 0.05) is 31.4 Å². The largest absolute Gasteiger partial charge is 0.491 e. The molecule has 118 valence electrons. The average Bonchev–Trinajstić information content (AvgIpc) is 3.30. The Morgan fingerprint density at radius 2 is 1.96 bits per heavy atom.